The Bertz CT molecular complexity index is 302. The number of nitrogens with zero attached hydrogens (tertiary/aromatic N) is 1. The zero-order valence-corrected chi connectivity index (χ0v) is 11.6. The molecule has 2 heteroatoms. The van der Waals surface area contributed by atoms with E-state index in [0.717, 1.165) is 12.8 Å². The lowest BCUT2D eigenvalue weighted by molar-refractivity contribution is -1.07. The minimum atomic E-state index is 0.317. The molecule has 17 heavy (non-hydrogen) atoms. The number of quaternary nitrogens is 1. The van der Waals surface area contributed by atoms with Crippen LogP contribution in [0.3, 0.4) is 0 Å². The van der Waals surface area contributed by atoms with E-state index in [0.29, 0.717) is 10.8 Å². The van der Waals surface area contributed by atoms with Crippen LogP contribution in [0.4, 0.5) is 0 Å². The van der Waals surface area contributed by atoms with E-state index in [1.54, 1.807) is 0 Å². The molecule has 1 rings (SSSR count). The van der Waals surface area contributed by atoms with Gasteiger partial charge in [-0.15, -0.1) is 0 Å². The summed E-state index contributed by atoms with van der Waals surface area (Å²) < 4.78 is 0.571. The van der Waals surface area contributed by atoms with Gasteiger partial charge in [0.15, 0.2) is 0 Å². The van der Waals surface area contributed by atoms with Gasteiger partial charge in [0.1, 0.15) is 6.10 Å². The fourth-order valence-electron chi connectivity index (χ4n) is 1.95. The monoisotopic (exact) mass is 236 g/mol. The predicted octanol–water partition coefficient (Wildman–Crippen LogP) is 3.43. The third-order valence-corrected chi connectivity index (χ3v) is 2.65. The van der Waals surface area contributed by atoms with E-state index < -0.39 is 0 Å². The van der Waals surface area contributed by atoms with Gasteiger partial charge in [-0.1, -0.05) is 50.1 Å². The first kappa shape index (κ1) is 14.2. The number of hydroxylamine groups is 3. The van der Waals surface area contributed by atoms with Crippen LogP contribution in [0, 0.1) is 0 Å². The Balaban J connectivity index is 2.57. The number of benzene rings is 1. The van der Waals surface area contributed by atoms with Gasteiger partial charge in [0.25, 0.3) is 0 Å². The summed E-state index contributed by atoms with van der Waals surface area (Å²) in [6.07, 6.45) is 4.93. The van der Waals surface area contributed by atoms with Crippen molar-refractivity contribution in [2.75, 3.05) is 21.1 Å². The highest BCUT2D eigenvalue weighted by Gasteiger charge is 2.19. The average molecular weight is 236 g/mol. The van der Waals surface area contributed by atoms with Crippen LogP contribution in [0.1, 0.15) is 31.7 Å². The molecular formula is C15H26NO+. The highest BCUT2D eigenvalue weighted by Crippen LogP contribution is 2.14. The second kappa shape index (κ2) is 6.77. The van der Waals surface area contributed by atoms with Crippen LogP contribution < -0.4 is 0 Å². The molecule has 1 aromatic rings. The van der Waals surface area contributed by atoms with E-state index >= 15 is 0 Å². The summed E-state index contributed by atoms with van der Waals surface area (Å²) in [5.74, 6) is 0. The Kier molecular flexibility index (Phi) is 5.66. The summed E-state index contributed by atoms with van der Waals surface area (Å²) in [7, 11) is 6.22. The van der Waals surface area contributed by atoms with Gasteiger partial charge in [-0.3, -0.25) is 0 Å². The van der Waals surface area contributed by atoms with E-state index in [2.05, 4.69) is 58.4 Å². The molecule has 0 heterocycles. The van der Waals surface area contributed by atoms with Gasteiger partial charge in [0.2, 0.25) is 0 Å². The minimum Gasteiger partial charge on any atom is -0.200 e. The molecule has 0 aliphatic carbocycles. The van der Waals surface area contributed by atoms with Crippen molar-refractivity contribution in [1.82, 2.24) is 0 Å². The van der Waals surface area contributed by atoms with Gasteiger partial charge in [-0.05, 0) is 12.0 Å². The van der Waals surface area contributed by atoms with E-state index in [1.807, 2.05) is 0 Å². The summed E-state index contributed by atoms with van der Waals surface area (Å²) in [6.45, 7) is 2.23. The average Bonchev–Trinajstić information content (AvgIpc) is 2.25. The summed E-state index contributed by atoms with van der Waals surface area (Å²) in [4.78, 5) is 6.08. The quantitative estimate of drug-likeness (QED) is 0.520. The Morgan fingerprint density at radius 1 is 1.12 bits per heavy atom. The minimum absolute atomic E-state index is 0.317. The van der Waals surface area contributed by atoms with Crippen LogP contribution in [0.5, 0.6) is 0 Å². The SMILES string of the molecule is CCCCC(Cc1ccccc1)O[N+](C)(C)C. The topological polar surface area (TPSA) is 9.23 Å². The van der Waals surface area contributed by atoms with Gasteiger partial charge >= 0.3 is 0 Å². The molecule has 0 N–H and O–H groups in total. The summed E-state index contributed by atoms with van der Waals surface area (Å²) in [6, 6.07) is 10.6. The second-order valence-electron chi connectivity index (χ2n) is 5.45. The van der Waals surface area contributed by atoms with Gasteiger partial charge in [0, 0.05) is 6.42 Å². The lowest BCUT2D eigenvalue weighted by Crippen LogP contribution is -2.39. The number of unbranched alkanes of at least 4 members (excludes halogenated alkanes) is 1. The third kappa shape index (κ3) is 6.44. The standard InChI is InChI=1S/C15H26NO/c1-5-6-12-15(17-16(2,3)4)13-14-10-8-7-9-11-14/h7-11,15H,5-6,12-13H2,1-4H3/q+1. The van der Waals surface area contributed by atoms with Crippen molar-refractivity contribution >= 4 is 0 Å². The molecule has 0 aliphatic rings. The maximum atomic E-state index is 6.08. The van der Waals surface area contributed by atoms with Crippen LogP contribution in [0.15, 0.2) is 30.3 Å². The molecule has 0 spiro atoms. The van der Waals surface area contributed by atoms with Crippen LogP contribution >= 0.6 is 0 Å². The highest BCUT2D eigenvalue weighted by atomic mass is 16.7. The number of hydrogen-bond acceptors (Lipinski definition) is 1. The van der Waals surface area contributed by atoms with Crippen LogP contribution in [-0.4, -0.2) is 31.9 Å². The summed E-state index contributed by atoms with van der Waals surface area (Å²) >= 11 is 0. The molecule has 0 bridgehead atoms. The molecule has 96 valence electrons. The first-order valence-corrected chi connectivity index (χ1v) is 6.55. The summed E-state index contributed by atoms with van der Waals surface area (Å²) in [5, 5.41) is 0. The van der Waals surface area contributed by atoms with E-state index in [-0.39, 0.29) is 0 Å². The maximum Gasteiger partial charge on any atom is 0.121 e. The lowest BCUT2D eigenvalue weighted by atomic mass is 10.0. The zero-order chi connectivity index (χ0) is 12.7. The fraction of sp³-hybridized carbons (Fsp3) is 0.600. The Labute approximate surface area is 106 Å². The van der Waals surface area contributed by atoms with Crippen molar-refractivity contribution in [3.63, 3.8) is 0 Å². The maximum absolute atomic E-state index is 6.08. The first-order valence-electron chi connectivity index (χ1n) is 6.55. The lowest BCUT2D eigenvalue weighted by Gasteiger charge is -2.27. The predicted molar refractivity (Wildman–Crippen MR) is 72.6 cm³/mol. The van der Waals surface area contributed by atoms with Gasteiger partial charge < -0.3 is 0 Å². The van der Waals surface area contributed by atoms with E-state index in [4.69, 9.17) is 4.84 Å². The molecule has 0 radical (unpaired) electrons. The van der Waals surface area contributed by atoms with Gasteiger partial charge in [-0.25, -0.2) is 0 Å². The second-order valence-corrected chi connectivity index (χ2v) is 5.45. The third-order valence-electron chi connectivity index (χ3n) is 2.65. The first-order chi connectivity index (χ1) is 8.01. The smallest absolute Gasteiger partial charge is 0.121 e. The van der Waals surface area contributed by atoms with Crippen LogP contribution in [-0.2, 0) is 11.3 Å². The summed E-state index contributed by atoms with van der Waals surface area (Å²) in [5.41, 5.74) is 1.36. The Morgan fingerprint density at radius 3 is 2.29 bits per heavy atom. The Hall–Kier alpha value is -0.860. The van der Waals surface area contributed by atoms with Gasteiger partial charge in [0.05, 0.1) is 21.1 Å². The Morgan fingerprint density at radius 2 is 1.76 bits per heavy atom. The molecule has 1 aromatic carbocycles. The normalized spacial score (nSPS) is 13.6. The molecule has 1 atom stereocenters. The van der Waals surface area contributed by atoms with Gasteiger partial charge in [-0.2, -0.15) is 9.48 Å². The molecule has 0 amide bonds. The molecule has 0 aromatic heterocycles. The highest BCUT2D eigenvalue weighted by molar-refractivity contribution is 5.15. The molecule has 0 saturated carbocycles. The molecule has 0 aliphatic heterocycles. The van der Waals surface area contributed by atoms with E-state index in [1.165, 1.54) is 18.4 Å². The fourth-order valence-corrected chi connectivity index (χ4v) is 1.95. The van der Waals surface area contributed by atoms with Crippen molar-refractivity contribution < 1.29 is 9.48 Å². The van der Waals surface area contributed by atoms with Crippen molar-refractivity contribution in [2.24, 2.45) is 0 Å². The largest absolute Gasteiger partial charge is 0.200 e. The molecule has 0 saturated heterocycles. The van der Waals surface area contributed by atoms with Crippen molar-refractivity contribution in [2.45, 2.75) is 38.7 Å². The van der Waals surface area contributed by atoms with Crippen molar-refractivity contribution in [3.8, 4) is 0 Å². The van der Waals surface area contributed by atoms with E-state index in [9.17, 15) is 0 Å². The molecular weight excluding hydrogens is 210 g/mol. The number of rotatable bonds is 7. The van der Waals surface area contributed by atoms with Crippen LogP contribution in [0.2, 0.25) is 0 Å². The number of hydrogen-bond donors (Lipinski definition) is 0. The zero-order valence-electron chi connectivity index (χ0n) is 11.6. The van der Waals surface area contributed by atoms with Crippen molar-refractivity contribution in [3.05, 3.63) is 35.9 Å². The molecule has 1 unspecified atom stereocenters. The molecule has 2 nitrogen and oxygen atoms in total. The molecule has 0 fully saturated rings. The van der Waals surface area contributed by atoms with Crippen molar-refractivity contribution in [1.29, 1.82) is 0 Å². The van der Waals surface area contributed by atoms with Crippen LogP contribution in [0.25, 0.3) is 0 Å².